The molecule has 0 aromatic rings. The number of carbonyl (C=O) groups is 2. The van der Waals surface area contributed by atoms with E-state index in [1.54, 1.807) is 0 Å². The van der Waals surface area contributed by atoms with Crippen LogP contribution in [0.25, 0.3) is 0 Å². The summed E-state index contributed by atoms with van der Waals surface area (Å²) in [4.78, 5) is 22.0. The molecule has 0 aliphatic carbocycles. The summed E-state index contributed by atoms with van der Waals surface area (Å²) in [7, 11) is 0. The van der Waals surface area contributed by atoms with Crippen LogP contribution in [0.15, 0.2) is 0 Å². The fraction of sp³-hybridized carbons (Fsp3) is 0.818. The molecule has 0 atom stereocenters. The highest BCUT2D eigenvalue weighted by Gasteiger charge is 2.33. The predicted molar refractivity (Wildman–Crippen MR) is 53.1 cm³/mol. The van der Waals surface area contributed by atoms with E-state index in [2.05, 4.69) is 0 Å². The minimum absolute atomic E-state index is 0.0902. The van der Waals surface area contributed by atoms with Gasteiger partial charge >= 0.3 is 0 Å². The van der Waals surface area contributed by atoms with Crippen molar-refractivity contribution in [3.05, 3.63) is 0 Å². The van der Waals surface area contributed by atoms with Crippen molar-refractivity contribution in [3.8, 4) is 0 Å². The van der Waals surface area contributed by atoms with Gasteiger partial charge in [-0.2, -0.15) is 0 Å². The number of hydrogen-bond acceptors (Lipinski definition) is 3. The molecular formula is C11H18O3. The van der Waals surface area contributed by atoms with Crippen molar-refractivity contribution in [1.82, 2.24) is 0 Å². The van der Waals surface area contributed by atoms with E-state index >= 15 is 0 Å². The number of aldehydes is 1. The third kappa shape index (κ3) is 2.91. The number of Topliss-reactive ketones (excluding diaryl/α,β-unsaturated/α-hetero) is 1. The number of ketones is 1. The summed E-state index contributed by atoms with van der Waals surface area (Å²) < 4.78 is 5.26. The standard InChI is InChI=1S/C11H18O3/c1-2-10(13)9-11(3-6-12)4-7-14-8-5-11/h6H,2-5,7-9H2,1H3. The summed E-state index contributed by atoms with van der Waals surface area (Å²) in [5.74, 6) is 0.258. The SMILES string of the molecule is CCC(=O)CC1(CC=O)CCOCC1. The Balaban J connectivity index is 2.59. The second-order valence-electron chi connectivity index (χ2n) is 4.05. The molecule has 1 saturated heterocycles. The third-order valence-electron chi connectivity index (χ3n) is 3.04. The Kier molecular flexibility index (Phi) is 4.26. The molecular weight excluding hydrogens is 180 g/mol. The highest BCUT2D eigenvalue weighted by molar-refractivity contribution is 5.79. The van der Waals surface area contributed by atoms with Gasteiger partial charge in [-0.3, -0.25) is 4.79 Å². The van der Waals surface area contributed by atoms with Gasteiger partial charge in [-0.05, 0) is 18.3 Å². The lowest BCUT2D eigenvalue weighted by atomic mass is 9.73. The first-order chi connectivity index (χ1) is 6.72. The van der Waals surface area contributed by atoms with Crippen LogP contribution in [0.1, 0.15) is 39.0 Å². The minimum Gasteiger partial charge on any atom is -0.381 e. The van der Waals surface area contributed by atoms with Crippen LogP contribution in [0.5, 0.6) is 0 Å². The van der Waals surface area contributed by atoms with Crippen molar-refractivity contribution in [2.45, 2.75) is 39.0 Å². The van der Waals surface area contributed by atoms with Gasteiger partial charge in [0, 0.05) is 32.5 Å². The number of ether oxygens (including phenoxy) is 1. The normalized spacial score (nSPS) is 20.4. The molecule has 0 amide bonds. The molecule has 1 rings (SSSR count). The van der Waals surface area contributed by atoms with Crippen LogP contribution in [0.3, 0.4) is 0 Å². The molecule has 1 aliphatic rings. The van der Waals surface area contributed by atoms with Crippen molar-refractivity contribution in [2.75, 3.05) is 13.2 Å². The molecule has 0 spiro atoms. The van der Waals surface area contributed by atoms with Crippen LogP contribution in [-0.2, 0) is 14.3 Å². The average Bonchev–Trinajstić information content (AvgIpc) is 2.19. The summed E-state index contributed by atoms with van der Waals surface area (Å²) in [5, 5.41) is 0. The molecule has 0 bridgehead atoms. The van der Waals surface area contributed by atoms with Gasteiger partial charge in [0.1, 0.15) is 12.1 Å². The fourth-order valence-corrected chi connectivity index (χ4v) is 1.98. The molecule has 0 N–H and O–H groups in total. The van der Waals surface area contributed by atoms with Crippen molar-refractivity contribution in [2.24, 2.45) is 5.41 Å². The van der Waals surface area contributed by atoms with E-state index in [-0.39, 0.29) is 11.2 Å². The molecule has 1 fully saturated rings. The van der Waals surface area contributed by atoms with Gasteiger partial charge in [0.25, 0.3) is 0 Å². The Morgan fingerprint density at radius 3 is 2.57 bits per heavy atom. The van der Waals surface area contributed by atoms with E-state index in [9.17, 15) is 9.59 Å². The smallest absolute Gasteiger partial charge is 0.133 e. The average molecular weight is 198 g/mol. The number of hydrogen-bond donors (Lipinski definition) is 0. The van der Waals surface area contributed by atoms with Gasteiger partial charge in [0.05, 0.1) is 0 Å². The summed E-state index contributed by atoms with van der Waals surface area (Å²) in [6.07, 6.45) is 4.25. The van der Waals surface area contributed by atoms with Gasteiger partial charge in [-0.25, -0.2) is 0 Å². The topological polar surface area (TPSA) is 43.4 Å². The van der Waals surface area contributed by atoms with Gasteiger partial charge in [0.2, 0.25) is 0 Å². The van der Waals surface area contributed by atoms with Crippen LogP contribution in [0.2, 0.25) is 0 Å². The summed E-state index contributed by atoms with van der Waals surface area (Å²) in [6, 6.07) is 0. The molecule has 0 aromatic heterocycles. The number of rotatable bonds is 5. The van der Waals surface area contributed by atoms with Crippen LogP contribution >= 0.6 is 0 Å². The maximum Gasteiger partial charge on any atom is 0.133 e. The van der Waals surface area contributed by atoms with E-state index in [1.807, 2.05) is 6.92 Å². The van der Waals surface area contributed by atoms with Crippen molar-refractivity contribution < 1.29 is 14.3 Å². The third-order valence-corrected chi connectivity index (χ3v) is 3.04. The van der Waals surface area contributed by atoms with E-state index in [4.69, 9.17) is 4.74 Å². The zero-order valence-electron chi connectivity index (χ0n) is 8.75. The highest BCUT2D eigenvalue weighted by atomic mass is 16.5. The summed E-state index contributed by atoms with van der Waals surface area (Å²) in [6.45, 7) is 3.24. The molecule has 0 saturated carbocycles. The molecule has 0 radical (unpaired) electrons. The van der Waals surface area contributed by atoms with Crippen molar-refractivity contribution in [3.63, 3.8) is 0 Å². The molecule has 80 valence electrons. The van der Waals surface area contributed by atoms with Gasteiger partial charge in [-0.15, -0.1) is 0 Å². The van der Waals surface area contributed by atoms with E-state index < -0.39 is 0 Å². The fourth-order valence-electron chi connectivity index (χ4n) is 1.98. The molecule has 3 nitrogen and oxygen atoms in total. The predicted octanol–water partition coefficient (Wildman–Crippen LogP) is 1.74. The van der Waals surface area contributed by atoms with E-state index in [0.717, 1.165) is 19.1 Å². The van der Waals surface area contributed by atoms with Crippen molar-refractivity contribution in [1.29, 1.82) is 0 Å². The lowest BCUT2D eigenvalue weighted by Crippen LogP contribution is -2.32. The molecule has 1 heterocycles. The molecule has 14 heavy (non-hydrogen) atoms. The van der Waals surface area contributed by atoms with Gasteiger partial charge in [0.15, 0.2) is 0 Å². The second kappa shape index (κ2) is 5.25. The zero-order valence-corrected chi connectivity index (χ0v) is 8.75. The van der Waals surface area contributed by atoms with Crippen LogP contribution in [0.4, 0.5) is 0 Å². The molecule has 1 aliphatic heterocycles. The Labute approximate surface area is 84.8 Å². The minimum atomic E-state index is -0.0902. The summed E-state index contributed by atoms with van der Waals surface area (Å²) in [5.41, 5.74) is -0.0902. The van der Waals surface area contributed by atoms with Gasteiger partial charge < -0.3 is 9.53 Å². The molecule has 3 heteroatoms. The van der Waals surface area contributed by atoms with E-state index in [1.165, 1.54) is 0 Å². The number of carbonyl (C=O) groups excluding carboxylic acids is 2. The monoisotopic (exact) mass is 198 g/mol. The first-order valence-electron chi connectivity index (χ1n) is 5.25. The second-order valence-corrected chi connectivity index (χ2v) is 4.05. The first kappa shape index (κ1) is 11.4. The van der Waals surface area contributed by atoms with Crippen LogP contribution in [-0.4, -0.2) is 25.3 Å². The zero-order chi connectivity index (χ0) is 10.4. The van der Waals surface area contributed by atoms with Crippen molar-refractivity contribution >= 4 is 12.1 Å². The molecule has 0 unspecified atom stereocenters. The highest BCUT2D eigenvalue weighted by Crippen LogP contribution is 2.37. The van der Waals surface area contributed by atoms with E-state index in [0.29, 0.717) is 32.5 Å². The van der Waals surface area contributed by atoms with Crippen LogP contribution in [0, 0.1) is 5.41 Å². The lowest BCUT2D eigenvalue weighted by molar-refractivity contribution is -0.124. The quantitative estimate of drug-likeness (QED) is 0.632. The Morgan fingerprint density at radius 1 is 1.43 bits per heavy atom. The first-order valence-corrected chi connectivity index (χ1v) is 5.25. The largest absolute Gasteiger partial charge is 0.381 e. The van der Waals surface area contributed by atoms with Crippen LogP contribution < -0.4 is 0 Å². The lowest BCUT2D eigenvalue weighted by Gasteiger charge is -2.35. The Hall–Kier alpha value is -0.700. The maximum atomic E-state index is 11.4. The Morgan fingerprint density at radius 2 is 2.07 bits per heavy atom. The Bertz CT molecular complexity index is 205. The molecule has 0 aromatic carbocycles. The maximum absolute atomic E-state index is 11.4. The summed E-state index contributed by atoms with van der Waals surface area (Å²) >= 11 is 0. The van der Waals surface area contributed by atoms with Gasteiger partial charge in [-0.1, -0.05) is 6.92 Å².